The van der Waals surface area contributed by atoms with Crippen LogP contribution < -0.4 is 14.9 Å². The summed E-state index contributed by atoms with van der Waals surface area (Å²) in [6.45, 7) is 4.20. The van der Waals surface area contributed by atoms with E-state index in [1.54, 1.807) is 4.57 Å². The topological polar surface area (TPSA) is 51.4 Å². The first-order valence-electron chi connectivity index (χ1n) is 11.6. The van der Waals surface area contributed by atoms with E-state index in [9.17, 15) is 9.59 Å². The van der Waals surface area contributed by atoms with E-state index in [1.165, 1.54) is 11.3 Å². The molecule has 0 N–H and O–H groups in total. The van der Waals surface area contributed by atoms with Gasteiger partial charge in [-0.25, -0.2) is 4.99 Å². The van der Waals surface area contributed by atoms with E-state index in [0.29, 0.717) is 32.8 Å². The first-order valence-corrected chi connectivity index (χ1v) is 12.8. The molecule has 1 aromatic heterocycles. The zero-order chi connectivity index (χ0) is 24.3. The van der Waals surface area contributed by atoms with Crippen molar-refractivity contribution in [2.75, 3.05) is 0 Å². The summed E-state index contributed by atoms with van der Waals surface area (Å²) in [6, 6.07) is 21.1. The molecule has 2 heterocycles. The average molecular weight is 499 g/mol. The van der Waals surface area contributed by atoms with Gasteiger partial charge in [0.2, 0.25) is 0 Å². The third kappa shape index (κ3) is 3.70. The minimum atomic E-state index is -0.510. The van der Waals surface area contributed by atoms with Crippen molar-refractivity contribution in [3.8, 4) is 0 Å². The van der Waals surface area contributed by atoms with Gasteiger partial charge in [-0.05, 0) is 45.9 Å². The van der Waals surface area contributed by atoms with E-state index in [2.05, 4.69) is 32.0 Å². The number of benzene rings is 3. The van der Waals surface area contributed by atoms with Gasteiger partial charge in [-0.2, -0.15) is 0 Å². The predicted molar refractivity (Wildman–Crippen MR) is 142 cm³/mol. The molecule has 4 aromatic rings. The summed E-state index contributed by atoms with van der Waals surface area (Å²) in [6.07, 6.45) is 2.96. The molecule has 0 saturated carbocycles. The number of nitrogens with zero attached hydrogens (tertiary/aromatic N) is 2. The zero-order valence-corrected chi connectivity index (χ0v) is 21.0. The van der Waals surface area contributed by atoms with Crippen LogP contribution in [0.15, 0.2) is 87.8 Å². The maximum absolute atomic E-state index is 13.9. The molecule has 35 heavy (non-hydrogen) atoms. The highest BCUT2D eigenvalue weighted by molar-refractivity contribution is 7.07. The highest BCUT2D eigenvalue weighted by Crippen LogP contribution is 2.44. The van der Waals surface area contributed by atoms with Crippen LogP contribution in [0.3, 0.4) is 0 Å². The molecule has 0 radical (unpaired) electrons. The van der Waals surface area contributed by atoms with Crippen LogP contribution in [0, 0.1) is 5.41 Å². The van der Waals surface area contributed by atoms with Crippen LogP contribution in [0.5, 0.6) is 0 Å². The third-order valence-corrected chi connectivity index (χ3v) is 8.13. The molecule has 6 heteroatoms. The summed E-state index contributed by atoms with van der Waals surface area (Å²) in [4.78, 5) is 33.0. The molecule has 174 valence electrons. The normalized spacial score (nSPS) is 19.5. The summed E-state index contributed by atoms with van der Waals surface area (Å²) in [5.74, 6) is 0.0679. The molecule has 0 bridgehead atoms. The zero-order valence-electron chi connectivity index (χ0n) is 19.4. The smallest absolute Gasteiger partial charge is 0.271 e. The molecule has 2 aliphatic rings. The van der Waals surface area contributed by atoms with Crippen LogP contribution in [-0.2, 0) is 4.79 Å². The number of Topliss-reactive ketones (excluding diaryl/α,β-unsaturated/α-hetero) is 1. The largest absolute Gasteiger partial charge is 0.294 e. The summed E-state index contributed by atoms with van der Waals surface area (Å²) in [5, 5.41) is 2.69. The molecular weight excluding hydrogens is 476 g/mol. The van der Waals surface area contributed by atoms with Gasteiger partial charge in [-0.15, -0.1) is 0 Å². The van der Waals surface area contributed by atoms with Crippen LogP contribution in [0.2, 0.25) is 5.02 Å². The lowest BCUT2D eigenvalue weighted by molar-refractivity contribution is -0.118. The standard InChI is InChI=1S/C29H23ClN2O2S/c1-29(2)15-22-25(23(33)16-29)26(20-12-7-10-17-8-3-5-11-19(17)20)32-27(34)24(35-28(32)31-22)14-18-9-4-6-13-21(18)30/h3-14,26H,15-16H2,1-2H3. The number of rotatable bonds is 2. The Morgan fingerprint density at radius 1 is 1.00 bits per heavy atom. The van der Waals surface area contributed by atoms with Gasteiger partial charge < -0.3 is 0 Å². The third-order valence-electron chi connectivity index (χ3n) is 6.81. The fourth-order valence-electron chi connectivity index (χ4n) is 5.27. The SMILES string of the molecule is CC1(C)CC(=O)C2=C(C1)N=c1sc(=Cc3ccccc3Cl)c(=O)n1C2c1cccc2ccccc12. The van der Waals surface area contributed by atoms with Crippen LogP contribution in [0.4, 0.5) is 0 Å². The van der Waals surface area contributed by atoms with Crippen LogP contribution in [0.1, 0.15) is 43.9 Å². The van der Waals surface area contributed by atoms with E-state index in [1.807, 2.05) is 54.6 Å². The molecule has 0 spiro atoms. The minimum absolute atomic E-state index is 0.0679. The minimum Gasteiger partial charge on any atom is -0.294 e. The predicted octanol–water partition coefficient (Wildman–Crippen LogP) is 5.41. The van der Waals surface area contributed by atoms with Crippen molar-refractivity contribution >= 4 is 45.6 Å². The molecule has 0 amide bonds. The van der Waals surface area contributed by atoms with Gasteiger partial charge in [-0.1, -0.05) is 97.4 Å². The summed E-state index contributed by atoms with van der Waals surface area (Å²) >= 11 is 7.73. The van der Waals surface area contributed by atoms with Gasteiger partial charge in [0.25, 0.3) is 5.56 Å². The molecule has 3 aromatic carbocycles. The lowest BCUT2D eigenvalue weighted by Gasteiger charge is -2.35. The molecule has 0 saturated heterocycles. The van der Waals surface area contributed by atoms with Gasteiger partial charge in [0.15, 0.2) is 10.6 Å². The highest BCUT2D eigenvalue weighted by Gasteiger charge is 2.40. The number of hydrogen-bond donors (Lipinski definition) is 0. The second-order valence-corrected chi connectivity index (χ2v) is 11.4. The quantitative estimate of drug-likeness (QED) is 0.371. The van der Waals surface area contributed by atoms with Crippen molar-refractivity contribution < 1.29 is 4.79 Å². The first kappa shape index (κ1) is 22.2. The number of allylic oxidation sites excluding steroid dienone is 2. The molecule has 0 fully saturated rings. The van der Waals surface area contributed by atoms with Crippen molar-refractivity contribution in [1.29, 1.82) is 0 Å². The number of ketones is 1. The fraction of sp³-hybridized carbons (Fsp3) is 0.207. The Kier molecular flexibility index (Phi) is 5.17. The van der Waals surface area contributed by atoms with Crippen molar-refractivity contribution in [1.82, 2.24) is 4.57 Å². The summed E-state index contributed by atoms with van der Waals surface area (Å²) < 4.78 is 2.26. The summed E-state index contributed by atoms with van der Waals surface area (Å²) in [5.41, 5.74) is 2.85. The molecule has 1 aliphatic carbocycles. The number of fused-ring (bicyclic) bond motifs is 2. The molecule has 4 nitrogen and oxygen atoms in total. The second kappa shape index (κ2) is 8.14. The van der Waals surface area contributed by atoms with E-state index >= 15 is 0 Å². The van der Waals surface area contributed by atoms with Crippen molar-refractivity contribution in [2.45, 2.75) is 32.7 Å². The van der Waals surface area contributed by atoms with E-state index in [0.717, 1.165) is 27.6 Å². The highest BCUT2D eigenvalue weighted by atomic mass is 35.5. The van der Waals surface area contributed by atoms with Crippen molar-refractivity contribution in [3.63, 3.8) is 0 Å². The maximum atomic E-state index is 13.9. The van der Waals surface area contributed by atoms with Crippen molar-refractivity contribution in [2.24, 2.45) is 10.4 Å². The molecule has 6 rings (SSSR count). The van der Waals surface area contributed by atoms with E-state index in [4.69, 9.17) is 16.6 Å². The monoisotopic (exact) mass is 498 g/mol. The van der Waals surface area contributed by atoms with Gasteiger partial charge >= 0.3 is 0 Å². The van der Waals surface area contributed by atoms with Crippen LogP contribution >= 0.6 is 22.9 Å². The Hall–Kier alpha value is -3.28. The lowest BCUT2D eigenvalue weighted by Crippen LogP contribution is -2.42. The fourth-order valence-corrected chi connectivity index (χ4v) is 6.47. The second-order valence-electron chi connectivity index (χ2n) is 9.97. The Bertz CT molecular complexity index is 1740. The molecular formula is C29H23ClN2O2S. The van der Waals surface area contributed by atoms with E-state index < -0.39 is 6.04 Å². The lowest BCUT2D eigenvalue weighted by atomic mass is 9.73. The van der Waals surface area contributed by atoms with Gasteiger partial charge in [0, 0.05) is 17.0 Å². The number of thiazole rings is 1. The van der Waals surface area contributed by atoms with Crippen LogP contribution in [0.25, 0.3) is 16.8 Å². The Morgan fingerprint density at radius 3 is 2.57 bits per heavy atom. The number of aromatic nitrogens is 1. The van der Waals surface area contributed by atoms with E-state index in [-0.39, 0.29) is 16.8 Å². The molecule has 1 atom stereocenters. The maximum Gasteiger partial charge on any atom is 0.271 e. The average Bonchev–Trinajstić information content (AvgIpc) is 3.12. The summed E-state index contributed by atoms with van der Waals surface area (Å²) in [7, 11) is 0. The van der Waals surface area contributed by atoms with Gasteiger partial charge in [0.05, 0.1) is 16.3 Å². The molecule has 1 aliphatic heterocycles. The van der Waals surface area contributed by atoms with Crippen LogP contribution in [-0.4, -0.2) is 10.4 Å². The van der Waals surface area contributed by atoms with Gasteiger partial charge in [-0.3, -0.25) is 14.2 Å². The number of halogens is 1. The Labute approximate surface area is 211 Å². The Balaban J connectivity index is 1.67. The Morgan fingerprint density at radius 2 is 1.74 bits per heavy atom. The first-order chi connectivity index (χ1) is 16.8. The van der Waals surface area contributed by atoms with Crippen molar-refractivity contribution in [3.05, 3.63) is 114 Å². The number of hydrogen-bond acceptors (Lipinski definition) is 4. The number of carbonyl (C=O) groups is 1. The van der Waals surface area contributed by atoms with Gasteiger partial charge in [0.1, 0.15) is 0 Å². The number of carbonyl (C=O) groups excluding carboxylic acids is 1. The molecule has 1 unspecified atom stereocenters.